The molecule has 0 radical (unpaired) electrons. The molecule has 8 heteroatoms. The highest BCUT2D eigenvalue weighted by molar-refractivity contribution is 7.89. The molecule has 0 unspecified atom stereocenters. The lowest BCUT2D eigenvalue weighted by molar-refractivity contribution is -0.123. The first-order valence-corrected chi connectivity index (χ1v) is 12.6. The monoisotopic (exact) mass is 461 g/mol. The fourth-order valence-electron chi connectivity index (χ4n) is 3.92. The van der Waals surface area contributed by atoms with Crippen molar-refractivity contribution in [3.05, 3.63) is 65.5 Å². The molecule has 1 aliphatic heterocycles. The fourth-order valence-corrected chi connectivity index (χ4v) is 5.34. The second-order valence-electron chi connectivity index (χ2n) is 8.60. The van der Waals surface area contributed by atoms with Gasteiger partial charge in [-0.15, -0.1) is 0 Å². The summed E-state index contributed by atoms with van der Waals surface area (Å²) in [7, 11) is -4.18. The van der Waals surface area contributed by atoms with Gasteiger partial charge < -0.3 is 5.32 Å². The molecule has 1 aliphatic rings. The highest BCUT2D eigenvalue weighted by atomic mass is 32.2. The van der Waals surface area contributed by atoms with Gasteiger partial charge in [-0.3, -0.25) is 9.69 Å². The third kappa shape index (κ3) is 6.37. The number of amides is 1. The molecule has 2 aromatic rings. The smallest absolute Gasteiger partial charge is 0.244 e. The van der Waals surface area contributed by atoms with Crippen LogP contribution in [0.2, 0.25) is 0 Å². The number of nitrogens with zero attached hydrogens (tertiary/aromatic N) is 1. The highest BCUT2D eigenvalue weighted by Gasteiger charge is 2.29. The number of benzene rings is 2. The Balaban J connectivity index is 1.68. The molecule has 0 spiro atoms. The van der Waals surface area contributed by atoms with Gasteiger partial charge in [-0.25, -0.2) is 12.8 Å². The van der Waals surface area contributed by atoms with Gasteiger partial charge in [0, 0.05) is 13.1 Å². The van der Waals surface area contributed by atoms with Crippen molar-refractivity contribution >= 4 is 15.9 Å². The number of piperidine rings is 1. The minimum absolute atomic E-state index is 0.299. The predicted molar refractivity (Wildman–Crippen MR) is 123 cm³/mol. The van der Waals surface area contributed by atoms with E-state index in [0.29, 0.717) is 6.54 Å². The number of rotatable bonds is 9. The van der Waals surface area contributed by atoms with Gasteiger partial charge in [0.25, 0.3) is 0 Å². The van der Waals surface area contributed by atoms with Crippen molar-refractivity contribution in [3.8, 4) is 0 Å². The molecule has 2 N–H and O–H groups in total. The maximum Gasteiger partial charge on any atom is 0.244 e. The van der Waals surface area contributed by atoms with Gasteiger partial charge in [-0.2, -0.15) is 4.72 Å². The third-order valence-electron chi connectivity index (χ3n) is 5.77. The summed E-state index contributed by atoms with van der Waals surface area (Å²) in [6.07, 6.45) is 3.68. The Morgan fingerprint density at radius 1 is 1.00 bits per heavy atom. The Morgan fingerprint density at radius 2 is 1.62 bits per heavy atom. The maximum atomic E-state index is 14.0. The zero-order valence-electron chi connectivity index (χ0n) is 18.7. The van der Waals surface area contributed by atoms with Gasteiger partial charge in [0.05, 0.1) is 0 Å². The van der Waals surface area contributed by atoms with Crippen LogP contribution in [-0.4, -0.2) is 38.4 Å². The topological polar surface area (TPSA) is 78.5 Å². The van der Waals surface area contributed by atoms with Crippen molar-refractivity contribution in [1.82, 2.24) is 14.9 Å². The van der Waals surface area contributed by atoms with Crippen molar-refractivity contribution in [1.29, 1.82) is 0 Å². The number of carbonyl (C=O) groups is 1. The van der Waals surface area contributed by atoms with Crippen molar-refractivity contribution in [2.45, 2.75) is 57.1 Å². The van der Waals surface area contributed by atoms with E-state index in [1.807, 2.05) is 18.2 Å². The van der Waals surface area contributed by atoms with Crippen molar-refractivity contribution in [2.24, 2.45) is 5.92 Å². The second kappa shape index (κ2) is 11.0. The van der Waals surface area contributed by atoms with Gasteiger partial charge in [0.1, 0.15) is 16.8 Å². The predicted octanol–water partition coefficient (Wildman–Crippen LogP) is 3.43. The lowest BCUT2D eigenvalue weighted by Gasteiger charge is -2.27. The minimum atomic E-state index is -4.18. The number of hydrogen-bond donors (Lipinski definition) is 2. The third-order valence-corrected chi connectivity index (χ3v) is 7.25. The van der Waals surface area contributed by atoms with Crippen molar-refractivity contribution < 1.29 is 17.6 Å². The lowest BCUT2D eigenvalue weighted by atomic mass is 10.0. The van der Waals surface area contributed by atoms with Gasteiger partial charge in [-0.1, -0.05) is 56.7 Å². The molecule has 6 nitrogen and oxygen atoms in total. The number of likely N-dealkylation sites (tertiary alicyclic amines) is 1. The quantitative estimate of drug-likeness (QED) is 0.600. The molecule has 3 rings (SSSR count). The van der Waals surface area contributed by atoms with Gasteiger partial charge in [0.15, 0.2) is 0 Å². The summed E-state index contributed by atoms with van der Waals surface area (Å²) in [5.41, 5.74) is 2.16. The Hall–Kier alpha value is -2.29. The molecule has 2 aromatic carbocycles. The van der Waals surface area contributed by atoms with E-state index in [4.69, 9.17) is 0 Å². The van der Waals surface area contributed by atoms with Crippen LogP contribution in [0.15, 0.2) is 53.4 Å². The first-order valence-electron chi connectivity index (χ1n) is 11.1. The number of sulfonamides is 1. The van der Waals surface area contributed by atoms with Crippen molar-refractivity contribution in [3.63, 3.8) is 0 Å². The summed E-state index contributed by atoms with van der Waals surface area (Å²) < 4.78 is 41.8. The summed E-state index contributed by atoms with van der Waals surface area (Å²) >= 11 is 0. The summed E-state index contributed by atoms with van der Waals surface area (Å²) in [5, 5.41) is 2.87. The minimum Gasteiger partial charge on any atom is -0.351 e. The first kappa shape index (κ1) is 24.4. The molecule has 0 saturated carbocycles. The highest BCUT2D eigenvalue weighted by Crippen LogP contribution is 2.18. The Bertz CT molecular complexity index is 1020. The second-order valence-corrected chi connectivity index (χ2v) is 10.3. The summed E-state index contributed by atoms with van der Waals surface area (Å²) in [6.45, 7) is 6.78. The van der Waals surface area contributed by atoms with Gasteiger partial charge in [0.2, 0.25) is 15.9 Å². The van der Waals surface area contributed by atoms with E-state index in [0.717, 1.165) is 36.8 Å². The average molecular weight is 462 g/mol. The molecular formula is C24H32FN3O3S. The normalized spacial score (nSPS) is 16.1. The van der Waals surface area contributed by atoms with Crippen LogP contribution in [0.1, 0.15) is 44.2 Å². The van der Waals surface area contributed by atoms with Crippen LogP contribution in [0.3, 0.4) is 0 Å². The van der Waals surface area contributed by atoms with E-state index in [1.54, 1.807) is 13.8 Å². The van der Waals surface area contributed by atoms with Crippen LogP contribution >= 0.6 is 0 Å². The Morgan fingerprint density at radius 3 is 2.28 bits per heavy atom. The molecule has 0 aliphatic carbocycles. The standard InChI is InChI=1S/C24H32FN3O3S/c1-18(2)23(27-32(30,31)22-13-7-6-12-21(22)25)24(29)26-16-19-10-4-5-11-20(19)17-28-14-8-3-9-15-28/h4-7,10-13,18,23,27H,3,8-9,14-17H2,1-2H3,(H,26,29)/t23-/m0/s1. The van der Waals surface area contributed by atoms with Gasteiger partial charge in [-0.05, 0) is 55.1 Å². The number of halogens is 1. The van der Waals surface area contributed by atoms with Crippen LogP contribution in [0.5, 0.6) is 0 Å². The number of carbonyl (C=O) groups excluding carboxylic acids is 1. The van der Waals surface area contributed by atoms with Crippen LogP contribution in [-0.2, 0) is 27.9 Å². The van der Waals surface area contributed by atoms with Crippen LogP contribution in [0.25, 0.3) is 0 Å². The Kier molecular flexibility index (Phi) is 8.39. The maximum absolute atomic E-state index is 14.0. The molecule has 1 atom stereocenters. The van der Waals surface area contributed by atoms with Crippen LogP contribution in [0, 0.1) is 11.7 Å². The number of nitrogens with one attached hydrogen (secondary N) is 2. The largest absolute Gasteiger partial charge is 0.351 e. The van der Waals surface area contributed by atoms with E-state index >= 15 is 0 Å². The van der Waals surface area contributed by atoms with E-state index in [2.05, 4.69) is 21.0 Å². The van der Waals surface area contributed by atoms with Crippen LogP contribution < -0.4 is 10.0 Å². The fraction of sp³-hybridized carbons (Fsp3) is 0.458. The zero-order chi connectivity index (χ0) is 23.1. The van der Waals surface area contributed by atoms with E-state index < -0.39 is 32.7 Å². The van der Waals surface area contributed by atoms with Gasteiger partial charge >= 0.3 is 0 Å². The molecule has 1 fully saturated rings. The lowest BCUT2D eigenvalue weighted by Crippen LogP contribution is -2.49. The molecule has 32 heavy (non-hydrogen) atoms. The number of hydrogen-bond acceptors (Lipinski definition) is 4. The summed E-state index contributed by atoms with van der Waals surface area (Å²) in [6, 6.07) is 12.1. The molecule has 174 valence electrons. The first-order chi connectivity index (χ1) is 15.3. The van der Waals surface area contributed by atoms with E-state index in [1.165, 1.54) is 37.5 Å². The molecule has 0 aromatic heterocycles. The molecular weight excluding hydrogens is 429 g/mol. The summed E-state index contributed by atoms with van der Waals surface area (Å²) in [4.78, 5) is 14.9. The molecule has 1 saturated heterocycles. The zero-order valence-corrected chi connectivity index (χ0v) is 19.5. The molecule has 1 amide bonds. The van der Waals surface area contributed by atoms with E-state index in [-0.39, 0.29) is 5.92 Å². The van der Waals surface area contributed by atoms with E-state index in [9.17, 15) is 17.6 Å². The van der Waals surface area contributed by atoms with Crippen LogP contribution in [0.4, 0.5) is 4.39 Å². The molecule has 1 heterocycles. The SMILES string of the molecule is CC(C)[C@H](NS(=O)(=O)c1ccccc1F)C(=O)NCc1ccccc1CN1CCCCC1. The summed E-state index contributed by atoms with van der Waals surface area (Å²) in [5.74, 6) is -1.61. The Labute approximate surface area is 190 Å². The van der Waals surface area contributed by atoms with Crippen molar-refractivity contribution in [2.75, 3.05) is 13.1 Å². The molecule has 0 bridgehead atoms. The average Bonchev–Trinajstić information content (AvgIpc) is 2.77.